The molecule has 0 saturated carbocycles. The Bertz CT molecular complexity index is 215. The van der Waals surface area contributed by atoms with Gasteiger partial charge in [-0.3, -0.25) is 0 Å². The average molecular weight is 153 g/mol. The molecule has 0 saturated heterocycles. The van der Waals surface area contributed by atoms with Crippen molar-refractivity contribution in [1.29, 1.82) is 0 Å². The topological polar surface area (TPSA) is 54.7 Å². The van der Waals surface area contributed by atoms with Crippen molar-refractivity contribution in [2.75, 3.05) is 0 Å². The molecule has 3 N–H and O–H groups in total. The van der Waals surface area contributed by atoms with E-state index in [-0.39, 0.29) is 6.04 Å². The number of nitrogens with zero attached hydrogens (tertiary/aromatic N) is 1. The van der Waals surface area contributed by atoms with Crippen molar-refractivity contribution in [1.82, 2.24) is 9.97 Å². The summed E-state index contributed by atoms with van der Waals surface area (Å²) in [4.78, 5) is 7.22. The molecule has 0 fully saturated rings. The maximum Gasteiger partial charge on any atom is 0.0925 e. The molecule has 1 atom stereocenters. The fraction of sp³-hybridized carbons (Fsp3) is 0.625. The number of imidazole rings is 1. The van der Waals surface area contributed by atoms with Crippen molar-refractivity contribution >= 4 is 0 Å². The Hall–Kier alpha value is -0.830. The molecule has 0 aliphatic carbocycles. The van der Waals surface area contributed by atoms with Crippen molar-refractivity contribution in [3.63, 3.8) is 0 Å². The lowest BCUT2D eigenvalue weighted by atomic mass is 10.1. The highest BCUT2D eigenvalue weighted by Gasteiger charge is 2.01. The Balaban J connectivity index is 2.44. The van der Waals surface area contributed by atoms with E-state index in [1.165, 1.54) is 0 Å². The van der Waals surface area contributed by atoms with Crippen LogP contribution >= 0.6 is 0 Å². The van der Waals surface area contributed by atoms with Crippen LogP contribution in [0.2, 0.25) is 0 Å². The third-order valence-corrected chi connectivity index (χ3v) is 1.77. The Morgan fingerprint density at radius 1 is 1.73 bits per heavy atom. The van der Waals surface area contributed by atoms with Crippen molar-refractivity contribution in [3.8, 4) is 0 Å². The normalized spacial score (nSPS) is 13.4. The van der Waals surface area contributed by atoms with Gasteiger partial charge in [-0.05, 0) is 26.7 Å². The van der Waals surface area contributed by atoms with Crippen LogP contribution in [0.3, 0.4) is 0 Å². The van der Waals surface area contributed by atoms with Crippen LogP contribution in [0, 0.1) is 6.92 Å². The fourth-order valence-electron chi connectivity index (χ4n) is 1.00. The van der Waals surface area contributed by atoms with Gasteiger partial charge in [-0.1, -0.05) is 0 Å². The van der Waals surface area contributed by atoms with E-state index in [1.54, 1.807) is 6.33 Å². The van der Waals surface area contributed by atoms with Crippen molar-refractivity contribution in [2.24, 2.45) is 5.73 Å². The minimum absolute atomic E-state index is 0.270. The second-order valence-corrected chi connectivity index (χ2v) is 2.99. The first-order valence-electron chi connectivity index (χ1n) is 3.94. The number of hydrogen-bond acceptors (Lipinski definition) is 2. The summed E-state index contributed by atoms with van der Waals surface area (Å²) in [5.74, 6) is 0. The zero-order valence-corrected chi connectivity index (χ0v) is 7.09. The van der Waals surface area contributed by atoms with E-state index < -0.39 is 0 Å². The summed E-state index contributed by atoms with van der Waals surface area (Å²) in [6.45, 7) is 4.05. The molecule has 62 valence electrons. The molecule has 1 aromatic rings. The molecular weight excluding hydrogens is 138 g/mol. The molecular formula is C8H15N3. The van der Waals surface area contributed by atoms with Gasteiger partial charge >= 0.3 is 0 Å². The van der Waals surface area contributed by atoms with Crippen LogP contribution in [0.4, 0.5) is 0 Å². The first-order chi connectivity index (χ1) is 5.20. The van der Waals surface area contributed by atoms with Crippen LogP contribution in [-0.2, 0) is 6.42 Å². The van der Waals surface area contributed by atoms with E-state index in [9.17, 15) is 0 Å². The first-order valence-corrected chi connectivity index (χ1v) is 3.94. The molecule has 3 heteroatoms. The lowest BCUT2D eigenvalue weighted by Crippen LogP contribution is -2.15. The maximum absolute atomic E-state index is 5.62. The van der Waals surface area contributed by atoms with Crippen molar-refractivity contribution < 1.29 is 0 Å². The van der Waals surface area contributed by atoms with Gasteiger partial charge in [-0.15, -0.1) is 0 Å². The predicted molar refractivity (Wildman–Crippen MR) is 45.3 cm³/mol. The second-order valence-electron chi connectivity index (χ2n) is 2.99. The first kappa shape index (κ1) is 8.27. The number of H-pyrrole nitrogens is 1. The van der Waals surface area contributed by atoms with Crippen LogP contribution in [0.25, 0.3) is 0 Å². The van der Waals surface area contributed by atoms with Gasteiger partial charge in [-0.25, -0.2) is 4.98 Å². The average Bonchev–Trinajstić information content (AvgIpc) is 2.31. The summed E-state index contributed by atoms with van der Waals surface area (Å²) in [6.07, 6.45) is 3.71. The molecule has 0 aliphatic heterocycles. The van der Waals surface area contributed by atoms with Crippen LogP contribution in [0.1, 0.15) is 24.7 Å². The van der Waals surface area contributed by atoms with E-state index in [0.29, 0.717) is 0 Å². The smallest absolute Gasteiger partial charge is 0.0925 e. The van der Waals surface area contributed by atoms with Gasteiger partial charge in [0.15, 0.2) is 0 Å². The largest absolute Gasteiger partial charge is 0.348 e. The van der Waals surface area contributed by atoms with E-state index in [2.05, 4.69) is 9.97 Å². The summed E-state index contributed by atoms with van der Waals surface area (Å²) in [7, 11) is 0. The molecule has 0 radical (unpaired) electrons. The minimum atomic E-state index is 0.270. The van der Waals surface area contributed by atoms with Crippen molar-refractivity contribution in [2.45, 2.75) is 32.7 Å². The molecule has 11 heavy (non-hydrogen) atoms. The summed E-state index contributed by atoms with van der Waals surface area (Å²) in [5.41, 5.74) is 7.92. The highest BCUT2D eigenvalue weighted by molar-refractivity contribution is 5.08. The standard InChI is InChI=1S/C8H15N3/c1-6(9)3-4-8-7(2)10-5-11-8/h5-6H,3-4,9H2,1-2H3,(H,10,11)/t6-/m1/s1. The number of nitrogens with two attached hydrogens (primary N) is 1. The summed E-state index contributed by atoms with van der Waals surface area (Å²) in [5, 5.41) is 0. The van der Waals surface area contributed by atoms with Gasteiger partial charge in [-0.2, -0.15) is 0 Å². The van der Waals surface area contributed by atoms with Crippen LogP contribution < -0.4 is 5.73 Å². The number of aromatic amines is 1. The van der Waals surface area contributed by atoms with Crippen molar-refractivity contribution in [3.05, 3.63) is 17.7 Å². The minimum Gasteiger partial charge on any atom is -0.348 e. The quantitative estimate of drug-likeness (QED) is 0.680. The number of nitrogens with one attached hydrogen (secondary N) is 1. The summed E-state index contributed by atoms with van der Waals surface area (Å²) < 4.78 is 0. The predicted octanol–water partition coefficient (Wildman–Crippen LogP) is 0.998. The molecule has 0 aliphatic rings. The Kier molecular flexibility index (Phi) is 2.65. The molecule has 0 aromatic carbocycles. The molecule has 3 nitrogen and oxygen atoms in total. The van der Waals surface area contributed by atoms with Crippen LogP contribution in [-0.4, -0.2) is 16.0 Å². The van der Waals surface area contributed by atoms with E-state index in [0.717, 1.165) is 24.2 Å². The molecule has 0 unspecified atom stereocenters. The number of aryl methyl sites for hydroxylation is 2. The number of aromatic nitrogens is 2. The van der Waals surface area contributed by atoms with Gasteiger partial charge in [0.2, 0.25) is 0 Å². The second kappa shape index (κ2) is 3.53. The van der Waals surface area contributed by atoms with Gasteiger partial charge in [0.05, 0.1) is 12.0 Å². The van der Waals surface area contributed by atoms with Crippen LogP contribution in [0.15, 0.2) is 6.33 Å². The van der Waals surface area contributed by atoms with Gasteiger partial charge < -0.3 is 10.7 Å². The molecule has 0 spiro atoms. The van der Waals surface area contributed by atoms with Gasteiger partial charge in [0.25, 0.3) is 0 Å². The van der Waals surface area contributed by atoms with E-state index in [1.807, 2.05) is 13.8 Å². The number of hydrogen-bond donors (Lipinski definition) is 2. The third kappa shape index (κ3) is 2.35. The summed E-state index contributed by atoms with van der Waals surface area (Å²) >= 11 is 0. The molecule has 0 amide bonds. The third-order valence-electron chi connectivity index (χ3n) is 1.77. The molecule has 1 rings (SSSR count). The highest BCUT2D eigenvalue weighted by atomic mass is 14.9. The Morgan fingerprint density at radius 3 is 2.91 bits per heavy atom. The molecule has 1 aromatic heterocycles. The lowest BCUT2D eigenvalue weighted by molar-refractivity contribution is 0.658. The zero-order valence-electron chi connectivity index (χ0n) is 7.09. The number of rotatable bonds is 3. The van der Waals surface area contributed by atoms with Gasteiger partial charge in [0, 0.05) is 11.7 Å². The van der Waals surface area contributed by atoms with E-state index >= 15 is 0 Å². The Morgan fingerprint density at radius 2 is 2.45 bits per heavy atom. The van der Waals surface area contributed by atoms with Crippen LogP contribution in [0.5, 0.6) is 0 Å². The SMILES string of the molecule is Cc1[nH]cnc1CC[C@@H](C)N. The zero-order chi connectivity index (χ0) is 8.27. The van der Waals surface area contributed by atoms with E-state index in [4.69, 9.17) is 5.73 Å². The molecule has 0 bridgehead atoms. The molecule has 1 heterocycles. The lowest BCUT2D eigenvalue weighted by Gasteiger charge is -2.02. The van der Waals surface area contributed by atoms with Gasteiger partial charge in [0.1, 0.15) is 0 Å². The Labute approximate surface area is 67.0 Å². The monoisotopic (exact) mass is 153 g/mol. The highest BCUT2D eigenvalue weighted by Crippen LogP contribution is 2.04. The summed E-state index contributed by atoms with van der Waals surface area (Å²) in [6, 6.07) is 0.270. The fourth-order valence-corrected chi connectivity index (χ4v) is 1.00. The maximum atomic E-state index is 5.62.